The van der Waals surface area contributed by atoms with Gasteiger partial charge >= 0.3 is 12.1 Å². The van der Waals surface area contributed by atoms with Gasteiger partial charge in [-0.2, -0.15) is 0 Å². The fourth-order valence-electron chi connectivity index (χ4n) is 0.854. The van der Waals surface area contributed by atoms with Crippen LogP contribution in [0.15, 0.2) is 12.7 Å². The van der Waals surface area contributed by atoms with Gasteiger partial charge in [-0.05, 0) is 6.42 Å². The van der Waals surface area contributed by atoms with E-state index in [9.17, 15) is 9.59 Å². The van der Waals surface area contributed by atoms with Gasteiger partial charge in [0.1, 0.15) is 13.2 Å². The number of carbonyl (C=O) groups is 2. The molecule has 0 saturated carbocycles. The molecular weight excluding hydrogens is 226 g/mol. The zero-order chi connectivity index (χ0) is 12.9. The van der Waals surface area contributed by atoms with Crippen molar-refractivity contribution in [2.24, 2.45) is 0 Å². The minimum Gasteiger partial charge on any atom is -0.461 e. The number of hydrogen-bond acceptors (Lipinski definition) is 5. The minimum atomic E-state index is -0.556. The van der Waals surface area contributed by atoms with Crippen LogP contribution in [0.1, 0.15) is 13.3 Å². The molecule has 0 aromatic heterocycles. The summed E-state index contributed by atoms with van der Waals surface area (Å²) in [7, 11) is 0. The number of nitrogens with one attached hydrogen (secondary N) is 1. The van der Waals surface area contributed by atoms with Crippen molar-refractivity contribution >= 4 is 12.1 Å². The highest BCUT2D eigenvalue weighted by atomic mass is 16.6. The fourth-order valence-corrected chi connectivity index (χ4v) is 0.854. The van der Waals surface area contributed by atoms with Gasteiger partial charge in [-0.1, -0.05) is 13.5 Å². The summed E-state index contributed by atoms with van der Waals surface area (Å²) in [5.74, 6) is -0.520. The fraction of sp³-hybridized carbons (Fsp3) is 0.636. The third-order valence-electron chi connectivity index (χ3n) is 1.59. The molecule has 0 atom stereocenters. The van der Waals surface area contributed by atoms with E-state index in [2.05, 4.69) is 16.6 Å². The number of hydrogen-bond donors (Lipinski definition) is 1. The maximum absolute atomic E-state index is 11.0. The zero-order valence-electron chi connectivity index (χ0n) is 10.1. The Morgan fingerprint density at radius 2 is 1.94 bits per heavy atom. The molecule has 0 heterocycles. The molecule has 17 heavy (non-hydrogen) atoms. The van der Waals surface area contributed by atoms with Crippen LogP contribution in [-0.4, -0.2) is 45.0 Å². The van der Waals surface area contributed by atoms with Gasteiger partial charge < -0.3 is 19.5 Å². The van der Waals surface area contributed by atoms with Crippen molar-refractivity contribution in [3.8, 4) is 0 Å². The van der Waals surface area contributed by atoms with Crippen LogP contribution >= 0.6 is 0 Å². The smallest absolute Gasteiger partial charge is 0.407 e. The lowest BCUT2D eigenvalue weighted by molar-refractivity contribution is -0.137. The van der Waals surface area contributed by atoms with Crippen molar-refractivity contribution in [3.63, 3.8) is 0 Å². The molecule has 0 aromatic carbocycles. The van der Waals surface area contributed by atoms with Crippen LogP contribution in [0.2, 0.25) is 0 Å². The molecule has 0 aromatic rings. The second kappa shape index (κ2) is 10.9. The highest BCUT2D eigenvalue weighted by molar-refractivity contribution is 5.81. The second-order valence-corrected chi connectivity index (χ2v) is 3.05. The summed E-state index contributed by atoms with van der Waals surface area (Å²) in [6.45, 7) is 6.77. The van der Waals surface area contributed by atoms with E-state index in [1.807, 2.05) is 6.92 Å². The maximum Gasteiger partial charge on any atom is 0.407 e. The third kappa shape index (κ3) is 10.7. The van der Waals surface area contributed by atoms with Gasteiger partial charge in [0.2, 0.25) is 0 Å². The van der Waals surface area contributed by atoms with Crippen molar-refractivity contribution in [1.29, 1.82) is 0 Å². The molecule has 0 rings (SSSR count). The lowest BCUT2D eigenvalue weighted by atomic mass is 10.5. The van der Waals surface area contributed by atoms with Crippen molar-refractivity contribution in [3.05, 3.63) is 12.7 Å². The first-order chi connectivity index (χ1) is 8.20. The monoisotopic (exact) mass is 245 g/mol. The summed E-state index contributed by atoms with van der Waals surface area (Å²) in [6.07, 6.45) is 1.43. The van der Waals surface area contributed by atoms with Crippen molar-refractivity contribution in [2.75, 3.05) is 33.0 Å². The van der Waals surface area contributed by atoms with Gasteiger partial charge in [-0.15, -0.1) is 0 Å². The molecular formula is C11H19NO5. The van der Waals surface area contributed by atoms with E-state index < -0.39 is 12.1 Å². The predicted molar refractivity (Wildman–Crippen MR) is 61.6 cm³/mol. The van der Waals surface area contributed by atoms with E-state index in [1.165, 1.54) is 0 Å². The van der Waals surface area contributed by atoms with Crippen molar-refractivity contribution < 1.29 is 23.8 Å². The Balaban J connectivity index is 3.29. The highest BCUT2D eigenvalue weighted by Gasteiger charge is 2.01. The first-order valence-electron chi connectivity index (χ1n) is 5.48. The van der Waals surface area contributed by atoms with Gasteiger partial charge in [0.25, 0.3) is 0 Å². The molecule has 0 radical (unpaired) electrons. The normalized spacial score (nSPS) is 9.47. The Bertz CT molecular complexity index is 242. The number of esters is 1. The van der Waals surface area contributed by atoms with Gasteiger partial charge in [0.05, 0.1) is 13.2 Å². The first kappa shape index (κ1) is 15.4. The van der Waals surface area contributed by atoms with Crippen LogP contribution in [0.5, 0.6) is 0 Å². The Morgan fingerprint density at radius 1 is 1.18 bits per heavy atom. The molecule has 0 aliphatic heterocycles. The third-order valence-corrected chi connectivity index (χ3v) is 1.59. The number of amides is 1. The van der Waals surface area contributed by atoms with Crippen molar-refractivity contribution in [1.82, 2.24) is 5.32 Å². The molecule has 0 spiro atoms. The summed E-state index contributed by atoms with van der Waals surface area (Å²) in [5, 5.41) is 2.42. The van der Waals surface area contributed by atoms with Crippen LogP contribution < -0.4 is 5.32 Å². The quantitative estimate of drug-likeness (QED) is 0.370. The van der Waals surface area contributed by atoms with Gasteiger partial charge in [-0.25, -0.2) is 9.59 Å². The SMILES string of the molecule is C=CC(=O)OCCNC(=O)OCCOCCC. The van der Waals surface area contributed by atoms with E-state index in [4.69, 9.17) is 9.47 Å². The molecule has 6 heteroatoms. The lowest BCUT2D eigenvalue weighted by Crippen LogP contribution is -2.29. The zero-order valence-corrected chi connectivity index (χ0v) is 10.1. The van der Waals surface area contributed by atoms with Gasteiger partial charge in [0, 0.05) is 12.7 Å². The summed E-state index contributed by atoms with van der Waals surface area (Å²) in [4.78, 5) is 21.7. The standard InChI is InChI=1S/C11H19NO5/c1-3-6-15-8-9-17-11(14)12-5-7-16-10(13)4-2/h4H,2-3,5-9H2,1H3,(H,12,14). The number of rotatable bonds is 9. The van der Waals surface area contributed by atoms with Crippen molar-refractivity contribution in [2.45, 2.75) is 13.3 Å². The number of carbonyl (C=O) groups excluding carboxylic acids is 2. The van der Waals surface area contributed by atoms with E-state index in [0.29, 0.717) is 13.2 Å². The van der Waals surface area contributed by atoms with Gasteiger partial charge in [0.15, 0.2) is 0 Å². The molecule has 0 bridgehead atoms. The predicted octanol–water partition coefficient (Wildman–Crippen LogP) is 0.868. The largest absolute Gasteiger partial charge is 0.461 e. The van der Waals surface area contributed by atoms with Crippen LogP contribution in [0, 0.1) is 0 Å². The summed E-state index contributed by atoms with van der Waals surface area (Å²) in [6, 6.07) is 0. The lowest BCUT2D eigenvalue weighted by Gasteiger charge is -2.07. The van der Waals surface area contributed by atoms with Crippen LogP contribution in [0.4, 0.5) is 4.79 Å². The van der Waals surface area contributed by atoms with Gasteiger partial charge in [-0.3, -0.25) is 0 Å². The van der Waals surface area contributed by atoms with E-state index in [1.54, 1.807) is 0 Å². The molecule has 98 valence electrons. The Morgan fingerprint density at radius 3 is 2.59 bits per heavy atom. The average molecular weight is 245 g/mol. The Kier molecular flexibility index (Phi) is 9.94. The molecule has 0 aliphatic rings. The van der Waals surface area contributed by atoms with E-state index >= 15 is 0 Å². The molecule has 0 fully saturated rings. The van der Waals surface area contributed by atoms with Crippen LogP contribution in [-0.2, 0) is 19.0 Å². The average Bonchev–Trinajstić information content (AvgIpc) is 2.34. The van der Waals surface area contributed by atoms with Crippen LogP contribution in [0.25, 0.3) is 0 Å². The number of ether oxygens (including phenoxy) is 3. The van der Waals surface area contributed by atoms with E-state index in [-0.39, 0.29) is 19.8 Å². The molecule has 0 saturated heterocycles. The highest BCUT2D eigenvalue weighted by Crippen LogP contribution is 1.83. The topological polar surface area (TPSA) is 73.9 Å². The molecule has 1 amide bonds. The second-order valence-electron chi connectivity index (χ2n) is 3.05. The Labute approximate surface area is 101 Å². The summed E-state index contributed by atoms with van der Waals surface area (Å²) < 4.78 is 14.6. The molecule has 0 aliphatic carbocycles. The molecule has 0 unspecified atom stereocenters. The number of alkyl carbamates (subject to hydrolysis) is 1. The molecule has 6 nitrogen and oxygen atoms in total. The first-order valence-corrected chi connectivity index (χ1v) is 5.48. The van der Waals surface area contributed by atoms with E-state index in [0.717, 1.165) is 12.5 Å². The Hall–Kier alpha value is -1.56. The summed E-state index contributed by atoms with van der Waals surface area (Å²) in [5.41, 5.74) is 0. The molecule has 1 N–H and O–H groups in total. The summed E-state index contributed by atoms with van der Waals surface area (Å²) >= 11 is 0. The minimum absolute atomic E-state index is 0.0896. The maximum atomic E-state index is 11.0. The van der Waals surface area contributed by atoms with Crippen LogP contribution in [0.3, 0.4) is 0 Å².